The van der Waals surface area contributed by atoms with Gasteiger partial charge in [0.25, 0.3) is 5.91 Å². The first-order valence-electron chi connectivity index (χ1n) is 10.6. The number of nitrogens with zero attached hydrogens (tertiary/aromatic N) is 3. The number of amidine groups is 1. The number of carbonyl (C=O) groups is 1. The van der Waals surface area contributed by atoms with Gasteiger partial charge in [-0.3, -0.25) is 9.69 Å². The molecule has 0 saturated carbocycles. The Bertz CT molecular complexity index is 1290. The third-order valence-corrected chi connectivity index (χ3v) is 8.21. The molecular weight excluding hydrogens is 458 g/mol. The molecule has 3 aromatic carbocycles. The number of rotatable bonds is 4. The van der Waals surface area contributed by atoms with Gasteiger partial charge in [-0.25, -0.2) is 4.99 Å². The van der Waals surface area contributed by atoms with Crippen molar-refractivity contribution in [1.82, 2.24) is 4.90 Å². The Labute approximate surface area is 201 Å². The quantitative estimate of drug-likeness (QED) is 0.369. The lowest BCUT2D eigenvalue weighted by Gasteiger charge is -2.16. The molecule has 2 heterocycles. The number of amides is 1. The Kier molecular flexibility index (Phi) is 5.93. The maximum absolute atomic E-state index is 13.5. The van der Waals surface area contributed by atoms with Crippen LogP contribution < -0.4 is 4.90 Å². The van der Waals surface area contributed by atoms with E-state index < -0.39 is 0 Å². The molecule has 4 nitrogen and oxygen atoms in total. The van der Waals surface area contributed by atoms with Crippen molar-refractivity contribution in [1.29, 1.82) is 0 Å². The van der Waals surface area contributed by atoms with E-state index >= 15 is 0 Å². The van der Waals surface area contributed by atoms with E-state index in [1.165, 1.54) is 17.1 Å². The van der Waals surface area contributed by atoms with Gasteiger partial charge in [0.15, 0.2) is 5.17 Å². The highest BCUT2D eigenvalue weighted by atomic mass is 35.5. The summed E-state index contributed by atoms with van der Waals surface area (Å²) in [5.41, 5.74) is 1.88. The van der Waals surface area contributed by atoms with E-state index in [2.05, 4.69) is 36.1 Å². The minimum Gasteiger partial charge on any atom is -0.337 e. The molecule has 0 N–H and O–H groups in total. The van der Waals surface area contributed by atoms with Gasteiger partial charge in [-0.05, 0) is 59.3 Å². The molecule has 1 fully saturated rings. The van der Waals surface area contributed by atoms with Gasteiger partial charge < -0.3 is 4.90 Å². The zero-order valence-electron chi connectivity index (χ0n) is 17.8. The summed E-state index contributed by atoms with van der Waals surface area (Å²) >= 11 is 9.29. The van der Waals surface area contributed by atoms with Crippen LogP contribution in [-0.2, 0) is 4.79 Å². The highest BCUT2D eigenvalue weighted by Gasteiger charge is 2.38. The number of hydrogen-bond acceptors (Lipinski definition) is 5. The molecule has 0 bridgehead atoms. The van der Waals surface area contributed by atoms with Crippen molar-refractivity contribution in [3.63, 3.8) is 0 Å². The van der Waals surface area contributed by atoms with Crippen LogP contribution in [0.4, 0.5) is 11.4 Å². The van der Waals surface area contributed by atoms with E-state index in [0.29, 0.717) is 11.6 Å². The van der Waals surface area contributed by atoms with Gasteiger partial charge in [0.05, 0.1) is 16.4 Å². The predicted octanol–water partition coefficient (Wildman–Crippen LogP) is 7.27. The van der Waals surface area contributed by atoms with Gasteiger partial charge in [-0.2, -0.15) is 0 Å². The Morgan fingerprint density at radius 3 is 2.62 bits per heavy atom. The molecule has 2 aliphatic rings. The highest BCUT2D eigenvalue weighted by molar-refractivity contribution is 8.19. The van der Waals surface area contributed by atoms with Crippen LogP contribution in [0.25, 0.3) is 10.8 Å². The van der Waals surface area contributed by atoms with Gasteiger partial charge in [0, 0.05) is 23.5 Å². The zero-order valence-corrected chi connectivity index (χ0v) is 20.2. The number of hydrogen-bond donors (Lipinski definition) is 0. The van der Waals surface area contributed by atoms with Crippen molar-refractivity contribution in [2.75, 3.05) is 18.5 Å². The molecule has 0 spiro atoms. The SMILES string of the molecule is CCCCN1C(=O)/C(=C2/Sc3ccc(Cl)cc3N2C)SC1=Nc1ccc2ccccc2c1. The topological polar surface area (TPSA) is 35.9 Å². The number of carbonyl (C=O) groups excluding carboxylic acids is 1. The van der Waals surface area contributed by atoms with Gasteiger partial charge in [-0.1, -0.05) is 67.0 Å². The van der Waals surface area contributed by atoms with Crippen LogP contribution in [0.1, 0.15) is 19.8 Å². The van der Waals surface area contributed by atoms with Crippen LogP contribution in [-0.4, -0.2) is 29.6 Å². The third kappa shape index (κ3) is 3.91. The average Bonchev–Trinajstić information content (AvgIpc) is 3.28. The molecule has 0 aliphatic carbocycles. The predicted molar refractivity (Wildman–Crippen MR) is 138 cm³/mol. The molecule has 1 saturated heterocycles. The van der Waals surface area contributed by atoms with Crippen LogP contribution in [0.3, 0.4) is 0 Å². The average molecular weight is 480 g/mol. The minimum absolute atomic E-state index is 0.0243. The van der Waals surface area contributed by atoms with Gasteiger partial charge >= 0.3 is 0 Å². The summed E-state index contributed by atoms with van der Waals surface area (Å²) in [5, 5.41) is 4.68. The fourth-order valence-corrected chi connectivity index (χ4v) is 6.32. The molecule has 1 amide bonds. The number of fused-ring (bicyclic) bond motifs is 2. The molecule has 0 unspecified atom stereocenters. The number of aliphatic imine (C=N–C) groups is 1. The molecule has 162 valence electrons. The first kappa shape index (κ1) is 21.4. The number of unbranched alkanes of at least 4 members (excludes halogenated alkanes) is 1. The van der Waals surface area contributed by atoms with E-state index in [1.807, 2.05) is 48.3 Å². The normalized spacial score (nSPS) is 19.5. The lowest BCUT2D eigenvalue weighted by Crippen LogP contribution is -2.30. The van der Waals surface area contributed by atoms with E-state index in [9.17, 15) is 4.79 Å². The molecule has 0 radical (unpaired) electrons. The number of benzene rings is 3. The van der Waals surface area contributed by atoms with Crippen molar-refractivity contribution in [2.24, 2.45) is 4.99 Å². The zero-order chi connectivity index (χ0) is 22.2. The van der Waals surface area contributed by atoms with Crippen LogP contribution in [0.5, 0.6) is 0 Å². The molecule has 32 heavy (non-hydrogen) atoms. The highest BCUT2D eigenvalue weighted by Crippen LogP contribution is 2.50. The second-order valence-corrected chi connectivity index (χ2v) is 10.2. The molecule has 2 aliphatic heterocycles. The first-order valence-corrected chi connectivity index (χ1v) is 12.6. The van der Waals surface area contributed by atoms with Gasteiger partial charge in [-0.15, -0.1) is 0 Å². The third-order valence-electron chi connectivity index (χ3n) is 5.54. The fraction of sp³-hybridized carbons (Fsp3) is 0.200. The lowest BCUT2D eigenvalue weighted by molar-refractivity contribution is -0.122. The summed E-state index contributed by atoms with van der Waals surface area (Å²) < 4.78 is 0. The van der Waals surface area contributed by atoms with Crippen molar-refractivity contribution in [3.8, 4) is 0 Å². The van der Waals surface area contributed by atoms with E-state index in [4.69, 9.17) is 16.6 Å². The van der Waals surface area contributed by atoms with Crippen LogP contribution >= 0.6 is 35.1 Å². The maximum atomic E-state index is 13.5. The van der Waals surface area contributed by atoms with Crippen LogP contribution in [0.15, 0.2) is 80.5 Å². The summed E-state index contributed by atoms with van der Waals surface area (Å²) in [6.07, 6.45) is 1.95. The molecule has 5 rings (SSSR count). The Morgan fingerprint density at radius 2 is 1.81 bits per heavy atom. The van der Waals surface area contributed by atoms with Gasteiger partial charge in [0.1, 0.15) is 4.91 Å². The Morgan fingerprint density at radius 1 is 1.00 bits per heavy atom. The summed E-state index contributed by atoms with van der Waals surface area (Å²) in [4.78, 5) is 24.1. The standard InChI is InChI=1S/C25H22ClN3OS2/c1-3-4-13-29-23(30)22(24-28(2)20-15-18(26)10-12-21(20)31-24)32-25(29)27-19-11-9-16-7-5-6-8-17(16)14-19/h5-12,14-15H,3-4,13H2,1-2H3/b24-22-,27-25?. The Hall–Kier alpha value is -2.41. The monoisotopic (exact) mass is 479 g/mol. The van der Waals surface area contributed by atoms with Crippen molar-refractivity contribution in [2.45, 2.75) is 24.7 Å². The van der Waals surface area contributed by atoms with E-state index in [1.54, 1.807) is 11.8 Å². The lowest BCUT2D eigenvalue weighted by atomic mass is 10.1. The summed E-state index contributed by atoms with van der Waals surface area (Å²) in [6, 6.07) is 20.2. The van der Waals surface area contributed by atoms with E-state index in [0.717, 1.165) is 49.6 Å². The van der Waals surface area contributed by atoms with Crippen molar-refractivity contribution in [3.05, 3.63) is 75.6 Å². The summed E-state index contributed by atoms with van der Waals surface area (Å²) in [6.45, 7) is 2.80. The number of thioether (sulfide) groups is 2. The van der Waals surface area contributed by atoms with Crippen LogP contribution in [0.2, 0.25) is 5.02 Å². The number of halogens is 1. The molecule has 7 heteroatoms. The van der Waals surface area contributed by atoms with Crippen LogP contribution in [0, 0.1) is 0 Å². The number of anilines is 1. The first-order chi connectivity index (χ1) is 15.5. The molecule has 0 aromatic heterocycles. The maximum Gasteiger partial charge on any atom is 0.269 e. The Balaban J connectivity index is 1.53. The fourth-order valence-electron chi connectivity index (χ4n) is 3.81. The van der Waals surface area contributed by atoms with Gasteiger partial charge in [0.2, 0.25) is 0 Å². The smallest absolute Gasteiger partial charge is 0.269 e. The summed E-state index contributed by atoms with van der Waals surface area (Å²) in [7, 11) is 1.99. The van der Waals surface area contributed by atoms with Crippen molar-refractivity contribution >= 4 is 68.3 Å². The molecule has 0 atom stereocenters. The largest absolute Gasteiger partial charge is 0.337 e. The van der Waals surface area contributed by atoms with Crippen molar-refractivity contribution < 1.29 is 4.79 Å². The second-order valence-electron chi connectivity index (χ2n) is 7.75. The van der Waals surface area contributed by atoms with E-state index in [-0.39, 0.29) is 5.91 Å². The summed E-state index contributed by atoms with van der Waals surface area (Å²) in [5.74, 6) is 0.0243. The molecular formula is C25H22ClN3OS2. The molecule has 3 aromatic rings. The second kappa shape index (κ2) is 8.85. The minimum atomic E-state index is 0.0243.